The Morgan fingerprint density at radius 2 is 1.67 bits per heavy atom. The summed E-state index contributed by atoms with van der Waals surface area (Å²) in [6.45, 7) is 2.08. The van der Waals surface area contributed by atoms with Crippen molar-refractivity contribution in [2.75, 3.05) is 10.6 Å². The second kappa shape index (κ2) is 6.48. The first-order chi connectivity index (χ1) is 11.8. The normalized spacial score (nSPS) is 14.9. The summed E-state index contributed by atoms with van der Waals surface area (Å²) in [4.78, 5) is 9.41. The number of anilines is 3. The van der Waals surface area contributed by atoms with E-state index in [0.717, 1.165) is 22.4 Å². The minimum Gasteiger partial charge on any atom is -0.367 e. The van der Waals surface area contributed by atoms with Gasteiger partial charge in [0.2, 0.25) is 5.95 Å². The zero-order valence-corrected chi connectivity index (χ0v) is 13.9. The quantitative estimate of drug-likeness (QED) is 0.708. The highest BCUT2D eigenvalue weighted by molar-refractivity contribution is 5.90. The number of nitrogens with one attached hydrogen (secondary N) is 2. The van der Waals surface area contributed by atoms with Gasteiger partial charge in [-0.3, -0.25) is 0 Å². The van der Waals surface area contributed by atoms with E-state index in [1.165, 1.54) is 31.2 Å². The Labute approximate surface area is 142 Å². The highest BCUT2D eigenvalue weighted by atomic mass is 15.2. The molecule has 0 radical (unpaired) electrons. The van der Waals surface area contributed by atoms with Gasteiger partial charge < -0.3 is 10.6 Å². The Hall–Kier alpha value is -2.62. The van der Waals surface area contributed by atoms with Gasteiger partial charge in [0.25, 0.3) is 0 Å². The van der Waals surface area contributed by atoms with Gasteiger partial charge in [0.1, 0.15) is 5.82 Å². The number of fused-ring (bicyclic) bond motifs is 1. The first kappa shape index (κ1) is 14.9. The van der Waals surface area contributed by atoms with E-state index in [0.29, 0.717) is 12.0 Å². The Balaban J connectivity index is 1.68. The van der Waals surface area contributed by atoms with Gasteiger partial charge in [0.15, 0.2) is 0 Å². The van der Waals surface area contributed by atoms with Crippen LogP contribution in [0.2, 0.25) is 0 Å². The van der Waals surface area contributed by atoms with E-state index < -0.39 is 0 Å². The molecule has 0 atom stereocenters. The molecular weight excluding hydrogens is 296 g/mol. The van der Waals surface area contributed by atoms with Crippen molar-refractivity contribution in [1.29, 1.82) is 0 Å². The standard InChI is InChI=1S/C20H22N4/c1-14-10-12-16(13-11-14)22-20-23-18-9-5-4-8-17(18)19(24-20)21-15-6-2-3-7-15/h4-5,8-13,15H,2-3,6-7H2,1H3,(H2,21,22,23,24). The third-order valence-electron chi connectivity index (χ3n) is 4.61. The Morgan fingerprint density at radius 1 is 0.917 bits per heavy atom. The van der Waals surface area contributed by atoms with E-state index in [4.69, 9.17) is 4.98 Å². The molecular formula is C20H22N4. The predicted molar refractivity (Wildman–Crippen MR) is 99.9 cm³/mol. The van der Waals surface area contributed by atoms with Crippen LogP contribution in [0.25, 0.3) is 10.9 Å². The van der Waals surface area contributed by atoms with Crippen LogP contribution in [0, 0.1) is 6.92 Å². The van der Waals surface area contributed by atoms with Crippen molar-refractivity contribution in [3.8, 4) is 0 Å². The summed E-state index contributed by atoms with van der Waals surface area (Å²) in [7, 11) is 0. The molecule has 1 aliphatic rings. The maximum absolute atomic E-state index is 4.75. The first-order valence-corrected chi connectivity index (χ1v) is 8.65. The predicted octanol–water partition coefficient (Wildman–Crippen LogP) is 5.04. The number of para-hydroxylation sites is 1. The van der Waals surface area contributed by atoms with Gasteiger partial charge in [-0.2, -0.15) is 4.98 Å². The van der Waals surface area contributed by atoms with Crippen molar-refractivity contribution in [2.24, 2.45) is 0 Å². The SMILES string of the molecule is Cc1ccc(Nc2nc(NC3CCCC3)c3ccccc3n2)cc1. The van der Waals surface area contributed by atoms with Crippen molar-refractivity contribution >= 4 is 28.4 Å². The molecule has 4 rings (SSSR count). The number of rotatable bonds is 4. The molecule has 0 amide bonds. The smallest absolute Gasteiger partial charge is 0.229 e. The van der Waals surface area contributed by atoms with Crippen molar-refractivity contribution in [3.63, 3.8) is 0 Å². The molecule has 0 aliphatic heterocycles. The summed E-state index contributed by atoms with van der Waals surface area (Å²) in [5, 5.41) is 8.04. The number of aryl methyl sites for hydroxylation is 1. The van der Waals surface area contributed by atoms with E-state index in [1.54, 1.807) is 0 Å². The van der Waals surface area contributed by atoms with Crippen LogP contribution >= 0.6 is 0 Å². The van der Waals surface area contributed by atoms with Gasteiger partial charge >= 0.3 is 0 Å². The Bertz CT molecular complexity index is 836. The number of hydrogen-bond donors (Lipinski definition) is 2. The van der Waals surface area contributed by atoms with Gasteiger partial charge in [-0.05, 0) is 44.0 Å². The molecule has 1 saturated carbocycles. The van der Waals surface area contributed by atoms with Gasteiger partial charge in [-0.15, -0.1) is 0 Å². The van der Waals surface area contributed by atoms with Crippen LogP contribution in [0.15, 0.2) is 48.5 Å². The van der Waals surface area contributed by atoms with E-state index in [-0.39, 0.29) is 0 Å². The lowest BCUT2D eigenvalue weighted by atomic mass is 10.2. The number of benzene rings is 2. The molecule has 3 aromatic rings. The van der Waals surface area contributed by atoms with E-state index in [9.17, 15) is 0 Å². The maximum atomic E-state index is 4.75. The molecule has 2 aromatic carbocycles. The van der Waals surface area contributed by atoms with Gasteiger partial charge in [0.05, 0.1) is 5.52 Å². The van der Waals surface area contributed by atoms with E-state index >= 15 is 0 Å². The molecule has 1 heterocycles. The van der Waals surface area contributed by atoms with Crippen LogP contribution < -0.4 is 10.6 Å². The largest absolute Gasteiger partial charge is 0.367 e. The monoisotopic (exact) mass is 318 g/mol. The average Bonchev–Trinajstić information content (AvgIpc) is 3.10. The van der Waals surface area contributed by atoms with Gasteiger partial charge in [0, 0.05) is 17.1 Å². The van der Waals surface area contributed by atoms with E-state index in [1.807, 2.05) is 18.2 Å². The molecule has 1 fully saturated rings. The fourth-order valence-corrected chi connectivity index (χ4v) is 3.27. The van der Waals surface area contributed by atoms with Crippen molar-refractivity contribution < 1.29 is 0 Å². The molecule has 0 spiro atoms. The molecule has 1 aliphatic carbocycles. The van der Waals surface area contributed by atoms with Gasteiger partial charge in [-0.1, -0.05) is 42.7 Å². The molecule has 1 aromatic heterocycles. The molecule has 0 unspecified atom stereocenters. The highest BCUT2D eigenvalue weighted by Crippen LogP contribution is 2.27. The fourth-order valence-electron chi connectivity index (χ4n) is 3.27. The molecule has 4 heteroatoms. The van der Waals surface area contributed by atoms with Crippen molar-refractivity contribution in [3.05, 3.63) is 54.1 Å². The van der Waals surface area contributed by atoms with Crippen LogP contribution in [0.4, 0.5) is 17.5 Å². The van der Waals surface area contributed by atoms with Crippen LogP contribution in [0.1, 0.15) is 31.2 Å². The summed E-state index contributed by atoms with van der Waals surface area (Å²) < 4.78 is 0. The van der Waals surface area contributed by atoms with Crippen LogP contribution in [0.5, 0.6) is 0 Å². The van der Waals surface area contributed by atoms with Crippen LogP contribution in [-0.2, 0) is 0 Å². The molecule has 4 nitrogen and oxygen atoms in total. The lowest BCUT2D eigenvalue weighted by Crippen LogP contribution is -2.16. The molecule has 24 heavy (non-hydrogen) atoms. The minimum atomic E-state index is 0.524. The number of aromatic nitrogens is 2. The third kappa shape index (κ3) is 3.18. The maximum Gasteiger partial charge on any atom is 0.229 e. The first-order valence-electron chi connectivity index (χ1n) is 8.65. The number of hydrogen-bond acceptors (Lipinski definition) is 4. The van der Waals surface area contributed by atoms with Crippen molar-refractivity contribution in [1.82, 2.24) is 9.97 Å². The summed E-state index contributed by atoms with van der Waals surface area (Å²) in [6.07, 6.45) is 5.04. The lowest BCUT2D eigenvalue weighted by Gasteiger charge is -2.16. The zero-order chi connectivity index (χ0) is 16.4. The Kier molecular flexibility index (Phi) is 4.03. The topological polar surface area (TPSA) is 49.8 Å². The molecule has 122 valence electrons. The summed E-state index contributed by atoms with van der Waals surface area (Å²) in [6, 6.07) is 17.0. The van der Waals surface area contributed by atoms with E-state index in [2.05, 4.69) is 52.9 Å². The van der Waals surface area contributed by atoms with Crippen molar-refractivity contribution in [2.45, 2.75) is 38.6 Å². The molecule has 0 bridgehead atoms. The summed E-state index contributed by atoms with van der Waals surface area (Å²) in [5.41, 5.74) is 3.20. The third-order valence-corrected chi connectivity index (χ3v) is 4.61. The molecule has 2 N–H and O–H groups in total. The second-order valence-corrected chi connectivity index (χ2v) is 6.53. The zero-order valence-electron chi connectivity index (χ0n) is 13.9. The van der Waals surface area contributed by atoms with Crippen LogP contribution in [0.3, 0.4) is 0 Å². The lowest BCUT2D eigenvalue weighted by molar-refractivity contribution is 0.752. The highest BCUT2D eigenvalue weighted by Gasteiger charge is 2.17. The fraction of sp³-hybridized carbons (Fsp3) is 0.300. The molecule has 0 saturated heterocycles. The Morgan fingerprint density at radius 3 is 2.46 bits per heavy atom. The summed E-state index contributed by atoms with van der Waals surface area (Å²) in [5.74, 6) is 1.57. The second-order valence-electron chi connectivity index (χ2n) is 6.53. The minimum absolute atomic E-state index is 0.524. The average molecular weight is 318 g/mol. The van der Waals surface area contributed by atoms with Crippen LogP contribution in [-0.4, -0.2) is 16.0 Å². The number of nitrogens with zero attached hydrogens (tertiary/aromatic N) is 2. The van der Waals surface area contributed by atoms with Gasteiger partial charge in [-0.25, -0.2) is 4.98 Å². The summed E-state index contributed by atoms with van der Waals surface area (Å²) >= 11 is 0.